The minimum atomic E-state index is 0.235. The first-order chi connectivity index (χ1) is 10.7. The molecule has 106 valence electrons. The Morgan fingerprint density at radius 3 is 2.86 bits per heavy atom. The monoisotopic (exact) mass is 305 g/mol. The Bertz CT molecular complexity index is 940. The van der Waals surface area contributed by atoms with Gasteiger partial charge in [0, 0.05) is 23.1 Å². The molecule has 0 aliphatic heterocycles. The SMILES string of the molecule is N#Cc1c(N)nc2c(c1-c1ccsc1)Cc1c(O)cccc1-2. The number of rotatable bonds is 1. The molecule has 0 radical (unpaired) electrons. The van der Waals surface area contributed by atoms with E-state index in [1.54, 1.807) is 23.5 Å². The summed E-state index contributed by atoms with van der Waals surface area (Å²) >= 11 is 1.57. The van der Waals surface area contributed by atoms with Gasteiger partial charge in [0.15, 0.2) is 0 Å². The molecule has 3 N–H and O–H groups in total. The van der Waals surface area contributed by atoms with E-state index in [2.05, 4.69) is 11.1 Å². The first-order valence-corrected chi connectivity index (χ1v) is 7.71. The number of nitriles is 1. The number of pyridine rings is 1. The van der Waals surface area contributed by atoms with Crippen LogP contribution in [0.2, 0.25) is 0 Å². The van der Waals surface area contributed by atoms with Crippen LogP contribution in [0.15, 0.2) is 35.0 Å². The fourth-order valence-electron chi connectivity index (χ4n) is 3.03. The summed E-state index contributed by atoms with van der Waals surface area (Å²) in [5.74, 6) is 0.488. The normalized spacial score (nSPS) is 11.8. The number of anilines is 1. The van der Waals surface area contributed by atoms with Gasteiger partial charge in [-0.25, -0.2) is 4.98 Å². The smallest absolute Gasteiger partial charge is 0.142 e. The maximum absolute atomic E-state index is 10.1. The number of nitrogen functional groups attached to an aromatic ring is 1. The zero-order valence-electron chi connectivity index (χ0n) is 11.5. The lowest BCUT2D eigenvalue weighted by Crippen LogP contribution is -2.02. The van der Waals surface area contributed by atoms with Crippen LogP contribution in [0.4, 0.5) is 5.82 Å². The van der Waals surface area contributed by atoms with Crippen LogP contribution in [0, 0.1) is 11.3 Å². The first-order valence-electron chi connectivity index (χ1n) is 6.77. The molecular formula is C17H11N3OS. The number of fused-ring (bicyclic) bond motifs is 3. The highest BCUT2D eigenvalue weighted by Gasteiger charge is 2.28. The summed E-state index contributed by atoms with van der Waals surface area (Å²) in [6.45, 7) is 0. The van der Waals surface area contributed by atoms with Gasteiger partial charge in [0.05, 0.1) is 5.69 Å². The van der Waals surface area contributed by atoms with Gasteiger partial charge < -0.3 is 10.8 Å². The quantitative estimate of drug-likeness (QED) is 0.563. The third-order valence-corrected chi connectivity index (χ3v) is 4.69. The average Bonchev–Trinajstić information content (AvgIpc) is 3.14. The fourth-order valence-corrected chi connectivity index (χ4v) is 3.68. The van der Waals surface area contributed by atoms with Gasteiger partial charge in [0.1, 0.15) is 23.2 Å². The lowest BCUT2D eigenvalue weighted by molar-refractivity contribution is 0.470. The maximum atomic E-state index is 10.1. The van der Waals surface area contributed by atoms with Crippen molar-refractivity contribution in [1.82, 2.24) is 4.98 Å². The van der Waals surface area contributed by atoms with Crippen LogP contribution in [-0.4, -0.2) is 10.1 Å². The number of aromatic nitrogens is 1. The first kappa shape index (κ1) is 12.9. The summed E-state index contributed by atoms with van der Waals surface area (Å²) in [5, 5.41) is 23.6. The zero-order valence-corrected chi connectivity index (χ0v) is 12.3. The van der Waals surface area contributed by atoms with Crippen molar-refractivity contribution in [3.8, 4) is 34.2 Å². The number of phenols is 1. The van der Waals surface area contributed by atoms with E-state index in [1.165, 1.54) is 0 Å². The van der Waals surface area contributed by atoms with Crippen LogP contribution in [0.3, 0.4) is 0 Å². The molecule has 0 bridgehead atoms. The van der Waals surface area contributed by atoms with E-state index in [4.69, 9.17) is 5.73 Å². The van der Waals surface area contributed by atoms with Gasteiger partial charge in [0.2, 0.25) is 0 Å². The van der Waals surface area contributed by atoms with E-state index in [1.807, 2.05) is 22.9 Å². The van der Waals surface area contributed by atoms with Gasteiger partial charge in [-0.05, 0) is 34.0 Å². The molecule has 1 aliphatic carbocycles. The number of nitrogens with two attached hydrogens (primary N) is 1. The average molecular weight is 305 g/mol. The van der Waals surface area contributed by atoms with E-state index in [9.17, 15) is 10.4 Å². The minimum absolute atomic E-state index is 0.235. The summed E-state index contributed by atoms with van der Waals surface area (Å²) in [7, 11) is 0. The molecule has 1 aliphatic rings. The van der Waals surface area contributed by atoms with E-state index in [0.717, 1.165) is 33.5 Å². The molecule has 22 heavy (non-hydrogen) atoms. The third-order valence-electron chi connectivity index (χ3n) is 4.01. The van der Waals surface area contributed by atoms with Crippen molar-refractivity contribution in [1.29, 1.82) is 5.26 Å². The van der Waals surface area contributed by atoms with Crippen LogP contribution in [0.25, 0.3) is 22.4 Å². The maximum Gasteiger partial charge on any atom is 0.142 e. The van der Waals surface area contributed by atoms with Gasteiger partial charge in [-0.2, -0.15) is 16.6 Å². The summed E-state index contributed by atoms with van der Waals surface area (Å²) in [5.41, 5.74) is 11.7. The molecule has 4 rings (SSSR count). The molecule has 0 spiro atoms. The standard InChI is InChI=1S/C17H11N3OS/c18-7-13-15(9-4-5-22-8-9)12-6-11-10(2-1-3-14(11)21)16(12)20-17(13)19/h1-5,8,21H,6H2,(H2,19,20). The summed E-state index contributed by atoms with van der Waals surface area (Å²) < 4.78 is 0. The van der Waals surface area contributed by atoms with E-state index >= 15 is 0 Å². The van der Waals surface area contributed by atoms with E-state index in [0.29, 0.717) is 12.0 Å². The van der Waals surface area contributed by atoms with Crippen molar-refractivity contribution >= 4 is 17.2 Å². The minimum Gasteiger partial charge on any atom is -0.508 e. The van der Waals surface area contributed by atoms with Crippen molar-refractivity contribution < 1.29 is 5.11 Å². The van der Waals surface area contributed by atoms with Gasteiger partial charge in [-0.3, -0.25) is 0 Å². The molecular weight excluding hydrogens is 294 g/mol. The summed E-state index contributed by atoms with van der Waals surface area (Å²) in [6, 6.07) is 9.55. The van der Waals surface area contributed by atoms with Crippen LogP contribution in [0.5, 0.6) is 5.75 Å². The molecule has 0 fully saturated rings. The van der Waals surface area contributed by atoms with E-state index in [-0.39, 0.29) is 11.6 Å². The number of benzene rings is 1. The molecule has 0 atom stereocenters. The molecule has 1 aromatic carbocycles. The van der Waals surface area contributed by atoms with Gasteiger partial charge in [-0.1, -0.05) is 12.1 Å². The Balaban J connectivity index is 2.09. The number of thiophene rings is 1. The van der Waals surface area contributed by atoms with Crippen LogP contribution >= 0.6 is 11.3 Å². The van der Waals surface area contributed by atoms with Gasteiger partial charge in [0.25, 0.3) is 0 Å². The number of phenolic OH excluding ortho intramolecular Hbond substituents is 1. The Morgan fingerprint density at radius 2 is 2.14 bits per heavy atom. The van der Waals surface area contributed by atoms with Crippen molar-refractivity contribution in [2.75, 3.05) is 5.73 Å². The zero-order chi connectivity index (χ0) is 15.3. The number of hydrogen-bond acceptors (Lipinski definition) is 5. The highest BCUT2D eigenvalue weighted by molar-refractivity contribution is 7.08. The lowest BCUT2D eigenvalue weighted by Gasteiger charge is -2.11. The predicted octanol–water partition coefficient (Wildman–Crippen LogP) is 3.54. The predicted molar refractivity (Wildman–Crippen MR) is 86.6 cm³/mol. The fraction of sp³-hybridized carbons (Fsp3) is 0.0588. The van der Waals surface area contributed by atoms with Gasteiger partial charge >= 0.3 is 0 Å². The third kappa shape index (κ3) is 1.65. The summed E-state index contributed by atoms with van der Waals surface area (Å²) in [4.78, 5) is 4.43. The highest BCUT2D eigenvalue weighted by Crippen LogP contribution is 2.46. The van der Waals surface area contributed by atoms with Crippen molar-refractivity contribution in [2.24, 2.45) is 0 Å². The van der Waals surface area contributed by atoms with E-state index < -0.39 is 0 Å². The van der Waals surface area contributed by atoms with Crippen LogP contribution in [-0.2, 0) is 6.42 Å². The molecule has 2 aromatic heterocycles. The molecule has 0 unspecified atom stereocenters. The molecule has 5 heteroatoms. The number of nitrogens with zero attached hydrogens (tertiary/aromatic N) is 2. The molecule has 3 aromatic rings. The molecule has 0 saturated heterocycles. The molecule has 0 saturated carbocycles. The second-order valence-electron chi connectivity index (χ2n) is 5.18. The van der Waals surface area contributed by atoms with Crippen LogP contribution in [0.1, 0.15) is 16.7 Å². The molecule has 4 nitrogen and oxygen atoms in total. The second-order valence-corrected chi connectivity index (χ2v) is 5.96. The van der Waals surface area contributed by atoms with Gasteiger partial charge in [-0.15, -0.1) is 0 Å². The van der Waals surface area contributed by atoms with Crippen molar-refractivity contribution in [3.63, 3.8) is 0 Å². The Labute approximate surface area is 131 Å². The second kappa shape index (κ2) is 4.58. The van der Waals surface area contributed by atoms with Crippen molar-refractivity contribution in [2.45, 2.75) is 6.42 Å². The van der Waals surface area contributed by atoms with Crippen LogP contribution < -0.4 is 5.73 Å². The highest BCUT2D eigenvalue weighted by atomic mass is 32.1. The Morgan fingerprint density at radius 1 is 1.27 bits per heavy atom. The largest absolute Gasteiger partial charge is 0.508 e. The molecule has 2 heterocycles. The number of aromatic hydroxyl groups is 1. The number of hydrogen-bond donors (Lipinski definition) is 2. The Hall–Kier alpha value is -2.84. The van der Waals surface area contributed by atoms with Crippen molar-refractivity contribution in [3.05, 3.63) is 51.7 Å². The topological polar surface area (TPSA) is 82.9 Å². The molecule has 0 amide bonds. The lowest BCUT2D eigenvalue weighted by atomic mass is 9.96. The Kier molecular flexibility index (Phi) is 2.68. The summed E-state index contributed by atoms with van der Waals surface area (Å²) in [6.07, 6.45) is 0.560.